The van der Waals surface area contributed by atoms with Gasteiger partial charge < -0.3 is 4.90 Å². The van der Waals surface area contributed by atoms with Crippen molar-refractivity contribution in [2.75, 3.05) is 19.4 Å². The molecule has 0 aliphatic rings. The molecule has 0 radical (unpaired) electrons. The van der Waals surface area contributed by atoms with E-state index >= 15 is 0 Å². The second-order valence-corrected chi connectivity index (χ2v) is 6.68. The van der Waals surface area contributed by atoms with Gasteiger partial charge in [-0.2, -0.15) is 0 Å². The van der Waals surface area contributed by atoms with Gasteiger partial charge in [0.1, 0.15) is 10.6 Å². The summed E-state index contributed by atoms with van der Waals surface area (Å²) in [6.45, 7) is 1.75. The van der Waals surface area contributed by atoms with Gasteiger partial charge in [0.2, 0.25) is 0 Å². The van der Waals surface area contributed by atoms with Gasteiger partial charge in [-0.25, -0.2) is 9.97 Å². The summed E-state index contributed by atoms with van der Waals surface area (Å²) < 4.78 is 1.79. The lowest BCUT2D eigenvalue weighted by Crippen LogP contribution is -2.21. The van der Waals surface area contributed by atoms with Crippen LogP contribution in [0.5, 0.6) is 0 Å². The molecule has 0 aliphatic carbocycles. The highest BCUT2D eigenvalue weighted by Gasteiger charge is 2.19. The number of carbonyl (C=O) groups excluding carboxylic acids is 2. The number of thiazole rings is 2. The van der Waals surface area contributed by atoms with E-state index in [0.717, 1.165) is 16.3 Å². The smallest absolute Gasteiger partial charge is 0.277 e. The van der Waals surface area contributed by atoms with Gasteiger partial charge in [0.25, 0.3) is 11.8 Å². The highest BCUT2D eigenvalue weighted by Crippen LogP contribution is 2.24. The number of fused-ring (bicyclic) bond motifs is 1. The molecule has 3 rings (SSSR count). The van der Waals surface area contributed by atoms with Crippen LogP contribution >= 0.6 is 22.7 Å². The molecule has 1 N–H and O–H groups in total. The van der Waals surface area contributed by atoms with E-state index in [1.54, 1.807) is 31.6 Å². The molecule has 9 heteroatoms. The van der Waals surface area contributed by atoms with Crippen LogP contribution in [0.15, 0.2) is 17.8 Å². The van der Waals surface area contributed by atoms with E-state index in [-0.39, 0.29) is 11.8 Å². The summed E-state index contributed by atoms with van der Waals surface area (Å²) in [4.78, 5) is 35.4. The molecule has 2 amide bonds. The second-order valence-electron chi connectivity index (χ2n) is 4.81. The Hall–Kier alpha value is -2.26. The predicted octanol–water partition coefficient (Wildman–Crippen LogP) is 2.11. The molecule has 0 spiro atoms. The van der Waals surface area contributed by atoms with Crippen molar-refractivity contribution >= 4 is 44.6 Å². The summed E-state index contributed by atoms with van der Waals surface area (Å²) in [6.07, 6.45) is 3.50. The van der Waals surface area contributed by atoms with Gasteiger partial charge in [-0.05, 0) is 6.92 Å². The van der Waals surface area contributed by atoms with Crippen molar-refractivity contribution in [1.82, 2.24) is 19.3 Å². The Bertz CT molecular complexity index is 832. The summed E-state index contributed by atoms with van der Waals surface area (Å²) >= 11 is 2.62. The second kappa shape index (κ2) is 5.50. The average molecular weight is 335 g/mol. The lowest BCUT2D eigenvalue weighted by Gasteiger charge is -2.07. The van der Waals surface area contributed by atoms with Gasteiger partial charge in [-0.1, -0.05) is 11.3 Å². The third-order valence-corrected chi connectivity index (χ3v) is 4.77. The number of carbonyl (C=O) groups is 2. The zero-order valence-corrected chi connectivity index (χ0v) is 13.8. The third kappa shape index (κ3) is 2.60. The van der Waals surface area contributed by atoms with Gasteiger partial charge in [-0.3, -0.25) is 19.3 Å². The fraction of sp³-hybridized carbons (Fsp3) is 0.231. The van der Waals surface area contributed by atoms with E-state index in [1.807, 2.05) is 11.6 Å². The molecule has 3 aromatic rings. The maximum Gasteiger partial charge on any atom is 0.277 e. The summed E-state index contributed by atoms with van der Waals surface area (Å²) in [7, 11) is 3.36. The van der Waals surface area contributed by atoms with E-state index in [2.05, 4.69) is 15.3 Å². The van der Waals surface area contributed by atoms with Crippen LogP contribution < -0.4 is 5.32 Å². The van der Waals surface area contributed by atoms with E-state index in [4.69, 9.17) is 0 Å². The summed E-state index contributed by atoms with van der Waals surface area (Å²) in [5.74, 6) is -0.466. The molecule has 3 heterocycles. The van der Waals surface area contributed by atoms with E-state index in [9.17, 15) is 9.59 Å². The van der Waals surface area contributed by atoms with Crippen LogP contribution in [0.1, 0.15) is 25.9 Å². The number of anilines is 1. The molecule has 7 nitrogen and oxygen atoms in total. The fourth-order valence-corrected chi connectivity index (χ4v) is 3.53. The quantitative estimate of drug-likeness (QED) is 0.795. The van der Waals surface area contributed by atoms with Crippen molar-refractivity contribution in [2.24, 2.45) is 0 Å². The monoisotopic (exact) mass is 335 g/mol. The number of aromatic nitrogens is 3. The molecule has 0 fully saturated rings. The highest BCUT2D eigenvalue weighted by atomic mass is 32.1. The minimum atomic E-state index is -0.339. The topological polar surface area (TPSA) is 79.6 Å². The molecule has 0 saturated carbocycles. The molecule has 0 aromatic carbocycles. The molecule has 0 saturated heterocycles. The SMILES string of the molecule is Cc1nc(NC(=O)c2cn3ccsc3n2)sc1C(=O)N(C)C. The Morgan fingerprint density at radius 2 is 2.09 bits per heavy atom. The number of nitrogens with one attached hydrogen (secondary N) is 1. The van der Waals surface area contributed by atoms with Crippen molar-refractivity contribution < 1.29 is 9.59 Å². The highest BCUT2D eigenvalue weighted by molar-refractivity contribution is 7.17. The summed E-state index contributed by atoms with van der Waals surface area (Å²) in [5, 5.41) is 4.98. The van der Waals surface area contributed by atoms with Crippen LogP contribution in [0.3, 0.4) is 0 Å². The Kier molecular flexibility index (Phi) is 3.67. The van der Waals surface area contributed by atoms with E-state index in [1.165, 1.54) is 16.2 Å². The summed E-state index contributed by atoms with van der Waals surface area (Å²) in [6, 6.07) is 0. The normalized spacial score (nSPS) is 10.9. The number of aryl methyl sites for hydroxylation is 1. The molecular weight excluding hydrogens is 322 g/mol. The standard InChI is InChI=1S/C13H13N5O2S2/c1-7-9(11(20)17(2)3)22-12(14-7)16-10(19)8-6-18-4-5-21-13(18)15-8/h4-6H,1-3H3,(H,14,16,19). The first kappa shape index (κ1) is 14.7. The molecule has 22 heavy (non-hydrogen) atoms. The minimum Gasteiger partial charge on any atom is -0.344 e. The van der Waals surface area contributed by atoms with Gasteiger partial charge >= 0.3 is 0 Å². The number of rotatable bonds is 3. The van der Waals surface area contributed by atoms with Crippen molar-refractivity contribution in [3.8, 4) is 0 Å². The predicted molar refractivity (Wildman–Crippen MR) is 85.9 cm³/mol. The van der Waals surface area contributed by atoms with E-state index < -0.39 is 0 Å². The maximum absolute atomic E-state index is 12.2. The number of hydrogen-bond donors (Lipinski definition) is 1. The first-order valence-corrected chi connectivity index (χ1v) is 8.08. The fourth-order valence-electron chi connectivity index (χ4n) is 1.85. The molecule has 3 aromatic heterocycles. The van der Waals surface area contributed by atoms with Crippen LogP contribution in [-0.2, 0) is 0 Å². The van der Waals surface area contributed by atoms with Gasteiger partial charge in [0.05, 0.1) is 5.69 Å². The lowest BCUT2D eigenvalue weighted by atomic mass is 10.3. The molecule has 114 valence electrons. The van der Waals surface area contributed by atoms with Crippen LogP contribution in [0.25, 0.3) is 4.96 Å². The Morgan fingerprint density at radius 1 is 1.32 bits per heavy atom. The van der Waals surface area contributed by atoms with Gasteiger partial charge in [0, 0.05) is 31.9 Å². The average Bonchev–Trinajstić information content (AvgIpc) is 3.11. The maximum atomic E-state index is 12.2. The van der Waals surface area contributed by atoms with Crippen LogP contribution in [0.4, 0.5) is 5.13 Å². The zero-order valence-electron chi connectivity index (χ0n) is 12.2. The lowest BCUT2D eigenvalue weighted by molar-refractivity contribution is 0.0831. The minimum absolute atomic E-state index is 0.127. The van der Waals surface area contributed by atoms with Crippen molar-refractivity contribution in [3.05, 3.63) is 34.0 Å². The third-order valence-electron chi connectivity index (χ3n) is 2.94. The first-order chi connectivity index (χ1) is 10.5. The number of amides is 2. The van der Waals surface area contributed by atoms with Gasteiger partial charge in [-0.15, -0.1) is 11.3 Å². The molecule has 0 atom stereocenters. The zero-order chi connectivity index (χ0) is 15.9. The van der Waals surface area contributed by atoms with Gasteiger partial charge in [0.15, 0.2) is 10.1 Å². The van der Waals surface area contributed by atoms with E-state index in [0.29, 0.717) is 21.4 Å². The molecule has 0 aliphatic heterocycles. The van der Waals surface area contributed by atoms with Crippen LogP contribution in [0.2, 0.25) is 0 Å². The Morgan fingerprint density at radius 3 is 2.77 bits per heavy atom. The number of nitrogens with zero attached hydrogens (tertiary/aromatic N) is 4. The summed E-state index contributed by atoms with van der Waals surface area (Å²) in [5.41, 5.74) is 0.921. The van der Waals surface area contributed by atoms with Crippen molar-refractivity contribution in [3.63, 3.8) is 0 Å². The van der Waals surface area contributed by atoms with Crippen LogP contribution in [-0.4, -0.2) is 45.2 Å². The first-order valence-electron chi connectivity index (χ1n) is 6.38. The Balaban J connectivity index is 1.81. The number of imidazole rings is 1. The number of hydrogen-bond acceptors (Lipinski definition) is 6. The molecule has 0 bridgehead atoms. The molecular formula is C13H13N5O2S2. The molecule has 0 unspecified atom stereocenters. The largest absolute Gasteiger partial charge is 0.344 e. The van der Waals surface area contributed by atoms with Crippen molar-refractivity contribution in [1.29, 1.82) is 0 Å². The van der Waals surface area contributed by atoms with Crippen LogP contribution in [0, 0.1) is 6.92 Å². The Labute approximate surface area is 134 Å². The van der Waals surface area contributed by atoms with Crippen molar-refractivity contribution in [2.45, 2.75) is 6.92 Å².